The molecule has 2 aromatic rings. The third-order valence-electron chi connectivity index (χ3n) is 2.72. The number of nitrogen functional groups attached to an aromatic ring is 1. The van der Waals surface area contributed by atoms with Crippen LogP contribution < -0.4 is 10.5 Å². The molecular formula is C13H16N2O4. The highest BCUT2D eigenvalue weighted by atomic mass is 16.5. The Bertz CT molecular complexity index is 592. The highest BCUT2D eigenvalue weighted by Crippen LogP contribution is 2.27. The molecule has 1 aromatic carbocycles. The number of nitrogens with one attached hydrogen (secondary N) is 1. The monoisotopic (exact) mass is 264 g/mol. The van der Waals surface area contributed by atoms with E-state index in [4.69, 9.17) is 20.3 Å². The Morgan fingerprint density at radius 1 is 1.37 bits per heavy atom. The van der Waals surface area contributed by atoms with Crippen molar-refractivity contribution in [2.24, 2.45) is 0 Å². The number of hydrogen-bond donors (Lipinski definition) is 3. The number of carbonyl (C=O) groups is 1. The average molecular weight is 264 g/mol. The first-order chi connectivity index (χ1) is 9.11. The normalized spacial score (nSPS) is 10.8. The van der Waals surface area contributed by atoms with Crippen molar-refractivity contribution in [1.82, 2.24) is 4.98 Å². The summed E-state index contributed by atoms with van der Waals surface area (Å²) in [5, 5.41) is 9.65. The fourth-order valence-electron chi connectivity index (χ4n) is 1.84. The predicted molar refractivity (Wildman–Crippen MR) is 71.7 cm³/mol. The average Bonchev–Trinajstić information content (AvgIpc) is 2.79. The molecule has 1 heterocycles. The third kappa shape index (κ3) is 2.97. The number of anilines is 1. The second kappa shape index (κ2) is 5.62. The summed E-state index contributed by atoms with van der Waals surface area (Å²) in [4.78, 5) is 13.7. The third-order valence-corrected chi connectivity index (χ3v) is 2.72. The van der Waals surface area contributed by atoms with Crippen molar-refractivity contribution in [3.8, 4) is 5.75 Å². The van der Waals surface area contributed by atoms with E-state index in [0.717, 1.165) is 11.8 Å². The molecule has 6 nitrogen and oxygen atoms in total. The van der Waals surface area contributed by atoms with Crippen LogP contribution in [0.3, 0.4) is 0 Å². The largest absolute Gasteiger partial charge is 0.493 e. The van der Waals surface area contributed by atoms with E-state index >= 15 is 0 Å². The summed E-state index contributed by atoms with van der Waals surface area (Å²) in [7, 11) is 1.64. The van der Waals surface area contributed by atoms with E-state index in [1.807, 2.05) is 0 Å². The molecule has 0 spiro atoms. The number of rotatable bonds is 6. The van der Waals surface area contributed by atoms with Crippen LogP contribution in [0.15, 0.2) is 18.2 Å². The van der Waals surface area contributed by atoms with Gasteiger partial charge in [0.05, 0.1) is 17.8 Å². The second-order valence-electron chi connectivity index (χ2n) is 4.16. The molecule has 0 aliphatic heterocycles. The Morgan fingerprint density at radius 3 is 2.84 bits per heavy atom. The molecule has 0 aliphatic rings. The summed E-state index contributed by atoms with van der Waals surface area (Å²) in [6.07, 6.45) is 0.780. The minimum absolute atomic E-state index is 0.109. The number of carboxylic acid groups (broad SMARTS) is 1. The van der Waals surface area contributed by atoms with E-state index in [0.29, 0.717) is 30.2 Å². The molecule has 0 fully saturated rings. The molecule has 0 saturated heterocycles. The summed E-state index contributed by atoms with van der Waals surface area (Å²) < 4.78 is 10.5. The van der Waals surface area contributed by atoms with Crippen LogP contribution in [0.25, 0.3) is 10.9 Å². The first-order valence-electron chi connectivity index (χ1n) is 5.89. The first-order valence-corrected chi connectivity index (χ1v) is 5.89. The molecule has 0 aliphatic carbocycles. The lowest BCUT2D eigenvalue weighted by molar-refractivity contribution is 0.0691. The van der Waals surface area contributed by atoms with Gasteiger partial charge in [0.25, 0.3) is 0 Å². The van der Waals surface area contributed by atoms with E-state index in [-0.39, 0.29) is 5.69 Å². The van der Waals surface area contributed by atoms with E-state index in [1.165, 1.54) is 6.07 Å². The molecule has 6 heteroatoms. The lowest BCUT2D eigenvalue weighted by atomic mass is 10.2. The van der Waals surface area contributed by atoms with Crippen molar-refractivity contribution in [3.63, 3.8) is 0 Å². The van der Waals surface area contributed by atoms with Gasteiger partial charge in [-0.1, -0.05) is 0 Å². The van der Waals surface area contributed by atoms with Crippen molar-refractivity contribution in [3.05, 3.63) is 23.9 Å². The zero-order chi connectivity index (χ0) is 13.8. The number of H-pyrrole nitrogens is 1. The fourth-order valence-corrected chi connectivity index (χ4v) is 1.84. The zero-order valence-electron chi connectivity index (χ0n) is 10.6. The van der Waals surface area contributed by atoms with Crippen LogP contribution in [0.5, 0.6) is 5.75 Å². The fraction of sp³-hybridized carbons (Fsp3) is 0.308. The van der Waals surface area contributed by atoms with Crippen molar-refractivity contribution in [2.75, 3.05) is 26.1 Å². The minimum atomic E-state index is -1.02. The molecule has 1 aromatic heterocycles. The summed E-state index contributed by atoms with van der Waals surface area (Å²) in [6.45, 7) is 1.15. The molecular weight excluding hydrogens is 248 g/mol. The number of aromatic amines is 1. The summed E-state index contributed by atoms with van der Waals surface area (Å²) in [5.41, 5.74) is 7.06. The minimum Gasteiger partial charge on any atom is -0.493 e. The van der Waals surface area contributed by atoms with Gasteiger partial charge in [0.1, 0.15) is 11.4 Å². The number of fused-ring (bicyclic) bond motifs is 1. The number of hydrogen-bond acceptors (Lipinski definition) is 4. The molecule has 0 unspecified atom stereocenters. The molecule has 0 saturated carbocycles. The summed E-state index contributed by atoms with van der Waals surface area (Å²) in [6, 6.07) is 4.98. The van der Waals surface area contributed by atoms with Crippen LogP contribution in [-0.2, 0) is 4.74 Å². The maximum atomic E-state index is 10.9. The van der Waals surface area contributed by atoms with Gasteiger partial charge in [0.15, 0.2) is 0 Å². The highest BCUT2D eigenvalue weighted by Gasteiger charge is 2.10. The van der Waals surface area contributed by atoms with Gasteiger partial charge in [-0.15, -0.1) is 0 Å². The number of ether oxygens (including phenoxy) is 2. The molecule has 2 rings (SSSR count). The quantitative estimate of drug-likeness (QED) is 0.546. The smallest absolute Gasteiger partial charge is 0.352 e. The zero-order valence-corrected chi connectivity index (χ0v) is 10.6. The van der Waals surface area contributed by atoms with Crippen LogP contribution in [0.2, 0.25) is 0 Å². The van der Waals surface area contributed by atoms with Crippen LogP contribution in [0, 0.1) is 0 Å². The Hall–Kier alpha value is -2.21. The van der Waals surface area contributed by atoms with Crippen LogP contribution >= 0.6 is 0 Å². The van der Waals surface area contributed by atoms with E-state index in [2.05, 4.69) is 4.98 Å². The number of aromatic nitrogens is 1. The maximum absolute atomic E-state index is 10.9. The van der Waals surface area contributed by atoms with Crippen molar-refractivity contribution in [2.45, 2.75) is 6.42 Å². The van der Waals surface area contributed by atoms with Gasteiger partial charge < -0.3 is 25.3 Å². The topological polar surface area (TPSA) is 97.6 Å². The van der Waals surface area contributed by atoms with Gasteiger partial charge in [0, 0.05) is 31.6 Å². The summed E-state index contributed by atoms with van der Waals surface area (Å²) in [5.74, 6) is -0.393. The first kappa shape index (κ1) is 13.2. The molecule has 19 heavy (non-hydrogen) atoms. The Labute approximate surface area is 110 Å². The lowest BCUT2D eigenvalue weighted by Gasteiger charge is -2.07. The van der Waals surface area contributed by atoms with Crippen LogP contribution in [-0.4, -0.2) is 36.4 Å². The van der Waals surface area contributed by atoms with Crippen molar-refractivity contribution >= 4 is 22.6 Å². The lowest BCUT2D eigenvalue weighted by Crippen LogP contribution is -2.01. The van der Waals surface area contributed by atoms with Crippen LogP contribution in [0.1, 0.15) is 16.9 Å². The Morgan fingerprint density at radius 2 is 2.16 bits per heavy atom. The standard InChI is InChI=1S/C13H16N2O4/c1-18-3-2-4-19-9-5-8-6-11(13(16)17)15-12(8)10(14)7-9/h5-7,15H,2-4,14H2,1H3,(H,16,17). The molecule has 0 atom stereocenters. The Balaban J connectivity index is 2.20. The van der Waals surface area contributed by atoms with Gasteiger partial charge in [0.2, 0.25) is 0 Å². The summed E-state index contributed by atoms with van der Waals surface area (Å²) >= 11 is 0. The second-order valence-corrected chi connectivity index (χ2v) is 4.16. The van der Waals surface area contributed by atoms with Gasteiger partial charge in [-0.2, -0.15) is 0 Å². The number of nitrogens with two attached hydrogens (primary N) is 1. The van der Waals surface area contributed by atoms with Gasteiger partial charge in [-0.05, 0) is 12.1 Å². The molecule has 0 radical (unpaired) electrons. The molecule has 4 N–H and O–H groups in total. The maximum Gasteiger partial charge on any atom is 0.352 e. The van der Waals surface area contributed by atoms with Gasteiger partial charge in [-0.25, -0.2) is 4.79 Å². The molecule has 0 bridgehead atoms. The van der Waals surface area contributed by atoms with Crippen molar-refractivity contribution < 1.29 is 19.4 Å². The van der Waals surface area contributed by atoms with E-state index in [9.17, 15) is 4.79 Å². The Kier molecular flexibility index (Phi) is 3.91. The van der Waals surface area contributed by atoms with Crippen LogP contribution in [0.4, 0.5) is 5.69 Å². The highest BCUT2D eigenvalue weighted by molar-refractivity contribution is 5.98. The number of aromatic carboxylic acids is 1. The number of carboxylic acids is 1. The van der Waals surface area contributed by atoms with Gasteiger partial charge in [-0.3, -0.25) is 0 Å². The van der Waals surface area contributed by atoms with Gasteiger partial charge >= 0.3 is 5.97 Å². The number of methoxy groups -OCH3 is 1. The number of benzene rings is 1. The molecule has 102 valence electrons. The SMILES string of the molecule is COCCCOc1cc(N)c2[nH]c(C(=O)O)cc2c1. The predicted octanol–water partition coefficient (Wildman–Crippen LogP) is 1.86. The van der Waals surface area contributed by atoms with Crippen molar-refractivity contribution in [1.29, 1.82) is 0 Å². The van der Waals surface area contributed by atoms with E-state index < -0.39 is 5.97 Å². The molecule has 0 amide bonds. The van der Waals surface area contributed by atoms with E-state index in [1.54, 1.807) is 19.2 Å².